The van der Waals surface area contributed by atoms with Gasteiger partial charge in [0.25, 0.3) is 0 Å². The maximum Gasteiger partial charge on any atom is 0.230 e. The van der Waals surface area contributed by atoms with Gasteiger partial charge in [0.2, 0.25) is 16.4 Å². The second-order valence-electron chi connectivity index (χ2n) is 9.29. The van der Waals surface area contributed by atoms with Crippen molar-refractivity contribution in [3.63, 3.8) is 0 Å². The van der Waals surface area contributed by atoms with Crippen molar-refractivity contribution in [2.24, 2.45) is 17.3 Å². The minimum absolute atomic E-state index is 0.0689. The van der Waals surface area contributed by atoms with E-state index in [1.807, 2.05) is 11.0 Å². The number of hydrogen-bond acceptors (Lipinski definition) is 6. The molecule has 1 N–H and O–H groups in total. The first-order chi connectivity index (χ1) is 14.9. The molecule has 0 spiro atoms. The highest BCUT2D eigenvalue weighted by Gasteiger charge is 2.61. The van der Waals surface area contributed by atoms with Crippen molar-refractivity contribution in [2.45, 2.75) is 44.1 Å². The Balaban J connectivity index is 1.46. The van der Waals surface area contributed by atoms with Gasteiger partial charge in [0.15, 0.2) is 11.5 Å². The van der Waals surface area contributed by atoms with E-state index in [-0.39, 0.29) is 11.4 Å². The Morgan fingerprint density at radius 3 is 2.26 bits per heavy atom. The summed E-state index contributed by atoms with van der Waals surface area (Å²) in [6, 6.07) is 3.56. The fourth-order valence-corrected chi connectivity index (χ4v) is 6.90. The van der Waals surface area contributed by atoms with Crippen molar-refractivity contribution in [3.8, 4) is 17.2 Å². The van der Waals surface area contributed by atoms with Crippen LogP contribution in [0.5, 0.6) is 17.2 Å². The second-order valence-corrected chi connectivity index (χ2v) is 10.0. The average molecular weight is 491 g/mol. The lowest BCUT2D eigenvalue weighted by Gasteiger charge is -2.60. The predicted octanol–water partition coefficient (Wildman–Crippen LogP) is 4.00. The number of rotatable bonds is 6. The summed E-state index contributed by atoms with van der Waals surface area (Å²) >= 11 is 3.38. The second kappa shape index (κ2) is 7.39. The smallest absolute Gasteiger partial charge is 0.230 e. The fourth-order valence-electron chi connectivity index (χ4n) is 6.64. The number of nitrogens with zero attached hydrogens (tertiary/aromatic N) is 3. The van der Waals surface area contributed by atoms with Crippen molar-refractivity contribution in [3.05, 3.63) is 23.2 Å². The zero-order valence-corrected chi connectivity index (χ0v) is 19.6. The Labute approximate surface area is 189 Å². The van der Waals surface area contributed by atoms with E-state index in [1.165, 1.54) is 6.42 Å². The van der Waals surface area contributed by atoms with Crippen LogP contribution in [-0.2, 0) is 10.3 Å². The maximum absolute atomic E-state index is 13.7. The number of methoxy groups -OCH3 is 3. The molecule has 0 saturated heterocycles. The number of carbonyl (C=O) groups excluding carboxylic acids is 1. The summed E-state index contributed by atoms with van der Waals surface area (Å²) in [4.78, 5) is 18.0. The van der Waals surface area contributed by atoms with Crippen LogP contribution in [0.1, 0.15) is 38.5 Å². The molecule has 1 aromatic heterocycles. The lowest BCUT2D eigenvalue weighted by molar-refractivity contribution is -0.150. The largest absolute Gasteiger partial charge is 0.493 e. The molecule has 9 heteroatoms. The first-order valence-corrected chi connectivity index (χ1v) is 11.4. The average Bonchev–Trinajstić information content (AvgIpc) is 3.19. The fraction of sp³-hybridized carbons (Fsp3) is 0.591. The van der Waals surface area contributed by atoms with Gasteiger partial charge in [-0.1, -0.05) is 0 Å². The molecule has 1 amide bonds. The van der Waals surface area contributed by atoms with Gasteiger partial charge in [0.1, 0.15) is 6.33 Å². The van der Waals surface area contributed by atoms with Gasteiger partial charge in [0, 0.05) is 17.8 Å². The molecule has 0 aliphatic heterocycles. The molecular weight excluding hydrogens is 464 g/mol. The van der Waals surface area contributed by atoms with Crippen LogP contribution in [0.3, 0.4) is 0 Å². The van der Waals surface area contributed by atoms with E-state index in [1.54, 1.807) is 33.5 Å². The molecule has 4 fully saturated rings. The van der Waals surface area contributed by atoms with Gasteiger partial charge >= 0.3 is 0 Å². The van der Waals surface area contributed by atoms with E-state index in [0.29, 0.717) is 39.5 Å². The van der Waals surface area contributed by atoms with Crippen LogP contribution in [0.4, 0.5) is 5.69 Å². The quantitative estimate of drug-likeness (QED) is 0.658. The first kappa shape index (κ1) is 20.6. The maximum atomic E-state index is 13.7. The third-order valence-electron chi connectivity index (χ3n) is 7.38. The summed E-state index contributed by atoms with van der Waals surface area (Å²) in [6.45, 7) is 0. The van der Waals surface area contributed by atoms with E-state index in [9.17, 15) is 4.79 Å². The van der Waals surface area contributed by atoms with Gasteiger partial charge in [-0.15, -0.1) is 5.10 Å². The van der Waals surface area contributed by atoms with Gasteiger partial charge in [-0.25, -0.2) is 9.67 Å². The summed E-state index contributed by atoms with van der Waals surface area (Å²) in [7, 11) is 4.71. The number of benzene rings is 1. The summed E-state index contributed by atoms with van der Waals surface area (Å²) < 4.78 is 18.9. The van der Waals surface area contributed by atoms with Crippen LogP contribution in [0.2, 0.25) is 0 Å². The van der Waals surface area contributed by atoms with Crippen molar-refractivity contribution in [2.75, 3.05) is 26.6 Å². The van der Waals surface area contributed by atoms with E-state index in [2.05, 4.69) is 31.3 Å². The number of carbonyl (C=O) groups is 1. The normalized spacial score (nSPS) is 30.8. The van der Waals surface area contributed by atoms with E-state index >= 15 is 0 Å². The number of amides is 1. The molecular formula is C22H27BrN4O4. The molecule has 4 saturated carbocycles. The van der Waals surface area contributed by atoms with Gasteiger partial charge in [-0.05, 0) is 66.3 Å². The van der Waals surface area contributed by atoms with Crippen LogP contribution in [0, 0.1) is 17.3 Å². The molecule has 2 unspecified atom stereocenters. The number of halogens is 1. The molecule has 6 rings (SSSR count). The summed E-state index contributed by atoms with van der Waals surface area (Å²) in [5, 5.41) is 7.75. The number of hydrogen-bond donors (Lipinski definition) is 1. The van der Waals surface area contributed by atoms with Gasteiger partial charge < -0.3 is 19.5 Å². The first-order valence-electron chi connectivity index (χ1n) is 10.6. The van der Waals surface area contributed by atoms with Gasteiger partial charge in [-0.2, -0.15) is 0 Å². The van der Waals surface area contributed by atoms with Crippen molar-refractivity contribution < 1.29 is 19.0 Å². The third-order valence-corrected chi connectivity index (χ3v) is 7.75. The zero-order valence-electron chi connectivity index (χ0n) is 18.0. The van der Waals surface area contributed by atoms with Crippen LogP contribution in [0.15, 0.2) is 23.2 Å². The number of nitrogens with one attached hydrogen (secondary N) is 1. The van der Waals surface area contributed by atoms with E-state index in [0.717, 1.165) is 32.1 Å². The SMILES string of the molecule is COc1cc(NC(=O)C23C[C@H]4C[C@@H](C2)CC(n2cnc(Br)n2)(C4)C3)cc(OC)c1OC. The molecule has 1 heterocycles. The highest BCUT2D eigenvalue weighted by molar-refractivity contribution is 9.10. The zero-order chi connectivity index (χ0) is 21.8. The van der Waals surface area contributed by atoms with Crippen LogP contribution in [0.25, 0.3) is 0 Å². The number of anilines is 1. The summed E-state index contributed by atoms with van der Waals surface area (Å²) in [5.41, 5.74) is 0.117. The minimum Gasteiger partial charge on any atom is -0.493 e. The van der Waals surface area contributed by atoms with Crippen LogP contribution < -0.4 is 19.5 Å². The molecule has 4 atom stereocenters. The standard InChI is InChI=1S/C22H27BrN4O4/c1-29-16-5-15(6-17(30-2)18(16)31-3)25-19(28)21-7-13-4-14(8-21)10-22(9-13,11-21)27-12-24-20(23)26-27/h5-6,12-14H,4,7-11H2,1-3H3,(H,25,28)/t13-,14+,21?,22?. The van der Waals surface area contributed by atoms with E-state index < -0.39 is 5.41 Å². The number of ether oxygens (including phenoxy) is 3. The van der Waals surface area contributed by atoms with Crippen LogP contribution >= 0.6 is 15.9 Å². The predicted molar refractivity (Wildman–Crippen MR) is 118 cm³/mol. The molecule has 8 nitrogen and oxygen atoms in total. The Kier molecular flexibility index (Phi) is 4.91. The minimum atomic E-state index is -0.400. The molecule has 4 aliphatic carbocycles. The lowest BCUT2D eigenvalue weighted by Crippen LogP contribution is -2.60. The molecule has 0 radical (unpaired) electrons. The monoisotopic (exact) mass is 490 g/mol. The molecule has 2 aromatic rings. The van der Waals surface area contributed by atoms with E-state index in [4.69, 9.17) is 14.2 Å². The van der Waals surface area contributed by atoms with Crippen molar-refractivity contribution in [1.82, 2.24) is 14.8 Å². The Bertz CT molecular complexity index is 984. The van der Waals surface area contributed by atoms with Crippen molar-refractivity contribution >= 4 is 27.5 Å². The molecule has 31 heavy (non-hydrogen) atoms. The molecule has 166 valence electrons. The van der Waals surface area contributed by atoms with Gasteiger partial charge in [-0.3, -0.25) is 4.79 Å². The topological polar surface area (TPSA) is 87.5 Å². The van der Waals surface area contributed by atoms with Gasteiger partial charge in [0.05, 0.1) is 32.3 Å². The highest BCUT2D eigenvalue weighted by atomic mass is 79.9. The summed E-state index contributed by atoms with van der Waals surface area (Å²) in [5.74, 6) is 2.69. The Morgan fingerprint density at radius 2 is 1.74 bits per heavy atom. The molecule has 4 aliphatic rings. The Morgan fingerprint density at radius 1 is 1.10 bits per heavy atom. The number of aromatic nitrogens is 3. The molecule has 4 bridgehead atoms. The highest BCUT2D eigenvalue weighted by Crippen LogP contribution is 2.64. The van der Waals surface area contributed by atoms with Crippen LogP contribution in [-0.4, -0.2) is 42.0 Å². The third kappa shape index (κ3) is 3.28. The van der Waals surface area contributed by atoms with Crippen molar-refractivity contribution in [1.29, 1.82) is 0 Å². The Hall–Kier alpha value is -2.29. The molecule has 1 aromatic carbocycles. The summed E-state index contributed by atoms with van der Waals surface area (Å²) in [6.07, 6.45) is 7.80. The lowest BCUT2D eigenvalue weighted by atomic mass is 9.46.